The van der Waals surface area contributed by atoms with Crippen molar-refractivity contribution in [2.45, 2.75) is 31.6 Å². The van der Waals surface area contributed by atoms with Crippen LogP contribution in [0, 0.1) is 13.8 Å². The fourth-order valence-corrected chi connectivity index (χ4v) is 4.76. The van der Waals surface area contributed by atoms with Gasteiger partial charge in [-0.2, -0.15) is 5.10 Å². The van der Waals surface area contributed by atoms with Crippen molar-refractivity contribution >= 4 is 27.3 Å². The summed E-state index contributed by atoms with van der Waals surface area (Å²) in [5.41, 5.74) is 5.67. The molecule has 2 aromatic carbocycles. The Morgan fingerprint density at radius 2 is 1.70 bits per heavy atom. The largest absolute Gasteiger partial charge is 0.306 e. The van der Waals surface area contributed by atoms with Crippen LogP contribution in [0.1, 0.15) is 24.0 Å². The van der Waals surface area contributed by atoms with Crippen molar-refractivity contribution in [1.82, 2.24) is 10.3 Å². The molecule has 0 saturated carbocycles. The summed E-state index contributed by atoms with van der Waals surface area (Å²) in [6.07, 6.45) is 1.58. The first-order chi connectivity index (χ1) is 14.3. The van der Waals surface area contributed by atoms with Gasteiger partial charge in [0.05, 0.1) is 10.6 Å². The van der Waals surface area contributed by atoms with E-state index in [2.05, 4.69) is 15.4 Å². The van der Waals surface area contributed by atoms with Crippen molar-refractivity contribution in [3.05, 3.63) is 59.7 Å². The Labute approximate surface area is 178 Å². The van der Waals surface area contributed by atoms with E-state index in [0.717, 1.165) is 47.1 Å². The summed E-state index contributed by atoms with van der Waals surface area (Å²) in [6, 6.07) is 13.7. The number of hydrazone groups is 1. The number of benzene rings is 2. The topological polar surface area (TPSA) is 82.1 Å². The minimum atomic E-state index is -3.92. The summed E-state index contributed by atoms with van der Waals surface area (Å²) in [7, 11) is -1.87. The number of carbonyl (C=O) groups excluding carboxylic acids is 1. The van der Waals surface area contributed by atoms with Gasteiger partial charge in [0.1, 0.15) is 6.54 Å². The van der Waals surface area contributed by atoms with Crippen molar-refractivity contribution in [3.8, 4) is 0 Å². The van der Waals surface area contributed by atoms with Gasteiger partial charge in [-0.1, -0.05) is 35.9 Å². The zero-order valence-corrected chi connectivity index (χ0v) is 18.4. The average Bonchev–Trinajstić information content (AvgIpc) is 2.72. The van der Waals surface area contributed by atoms with Gasteiger partial charge in [-0.3, -0.25) is 9.10 Å². The van der Waals surface area contributed by atoms with Gasteiger partial charge >= 0.3 is 0 Å². The predicted octanol–water partition coefficient (Wildman–Crippen LogP) is 2.70. The minimum Gasteiger partial charge on any atom is -0.306 e. The molecule has 2 aromatic rings. The third-order valence-corrected chi connectivity index (χ3v) is 6.96. The maximum atomic E-state index is 13.4. The van der Waals surface area contributed by atoms with Crippen molar-refractivity contribution in [2.75, 3.05) is 31.0 Å². The van der Waals surface area contributed by atoms with Gasteiger partial charge < -0.3 is 4.90 Å². The van der Waals surface area contributed by atoms with Gasteiger partial charge in [0.2, 0.25) is 0 Å². The van der Waals surface area contributed by atoms with Crippen LogP contribution >= 0.6 is 0 Å². The number of likely N-dealkylation sites (tertiary alicyclic amines) is 1. The molecule has 0 bridgehead atoms. The van der Waals surface area contributed by atoms with Gasteiger partial charge in [-0.05, 0) is 44.7 Å². The highest BCUT2D eigenvalue weighted by Gasteiger charge is 2.28. The molecule has 0 radical (unpaired) electrons. The fourth-order valence-electron chi connectivity index (χ4n) is 3.28. The Morgan fingerprint density at radius 1 is 1.07 bits per heavy atom. The first-order valence-corrected chi connectivity index (χ1v) is 11.4. The second kappa shape index (κ2) is 9.40. The van der Waals surface area contributed by atoms with Gasteiger partial charge in [0, 0.05) is 31.6 Å². The Hall–Kier alpha value is -2.71. The molecule has 1 saturated heterocycles. The quantitative estimate of drug-likeness (QED) is 0.717. The number of para-hydroxylation sites is 1. The Balaban J connectivity index is 1.85. The van der Waals surface area contributed by atoms with E-state index >= 15 is 0 Å². The standard InChI is InChI=1S/C22H28N4O3S/c1-17-8-10-20(11-9-17)30(28,29)26(21-7-5-4-6-18(21)2)16-22(27)24-23-19-12-14-25(3)15-13-19/h4-11H,12-16H2,1-3H3,(H,24,27). The molecule has 0 aliphatic carbocycles. The number of piperidine rings is 1. The molecule has 1 N–H and O–H groups in total. The van der Waals surface area contributed by atoms with Crippen LogP contribution in [0.3, 0.4) is 0 Å². The van der Waals surface area contributed by atoms with Crippen molar-refractivity contribution in [1.29, 1.82) is 0 Å². The lowest BCUT2D eigenvalue weighted by atomic mass is 10.1. The van der Waals surface area contributed by atoms with Gasteiger partial charge in [0.15, 0.2) is 0 Å². The molecule has 0 aromatic heterocycles. The number of hydrogen-bond acceptors (Lipinski definition) is 5. The van der Waals surface area contributed by atoms with Crippen LogP contribution in [-0.4, -0.2) is 51.6 Å². The van der Waals surface area contributed by atoms with Crippen LogP contribution in [0.25, 0.3) is 0 Å². The highest BCUT2D eigenvalue weighted by Crippen LogP contribution is 2.26. The van der Waals surface area contributed by atoms with Crippen LogP contribution in [0.2, 0.25) is 0 Å². The highest BCUT2D eigenvalue weighted by atomic mass is 32.2. The van der Waals surface area contributed by atoms with E-state index in [1.54, 1.807) is 36.4 Å². The second-order valence-corrected chi connectivity index (χ2v) is 9.49. The summed E-state index contributed by atoms with van der Waals surface area (Å²) in [5, 5.41) is 4.22. The normalized spacial score (nSPS) is 15.0. The van der Waals surface area contributed by atoms with Crippen LogP contribution in [0.4, 0.5) is 5.69 Å². The number of hydrogen-bond donors (Lipinski definition) is 1. The predicted molar refractivity (Wildman–Crippen MR) is 119 cm³/mol. The summed E-state index contributed by atoms with van der Waals surface area (Å²) in [5.74, 6) is -0.472. The van der Waals surface area contributed by atoms with Gasteiger partial charge in [0.25, 0.3) is 15.9 Å². The molecule has 1 heterocycles. The number of nitrogens with zero attached hydrogens (tertiary/aromatic N) is 3. The Bertz CT molecular complexity index is 1020. The van der Waals surface area contributed by atoms with E-state index in [-0.39, 0.29) is 11.4 Å². The molecule has 1 aliphatic heterocycles. The maximum Gasteiger partial charge on any atom is 0.264 e. The molecule has 0 spiro atoms. The van der Waals surface area contributed by atoms with E-state index in [1.165, 1.54) is 0 Å². The number of aryl methyl sites for hydroxylation is 2. The number of nitrogens with one attached hydrogen (secondary N) is 1. The third kappa shape index (κ3) is 5.25. The summed E-state index contributed by atoms with van der Waals surface area (Å²) in [4.78, 5) is 15.0. The van der Waals surface area contributed by atoms with Crippen molar-refractivity contribution in [3.63, 3.8) is 0 Å². The Kier molecular flexibility index (Phi) is 6.89. The van der Waals surface area contributed by atoms with Crippen LogP contribution in [-0.2, 0) is 14.8 Å². The first-order valence-electron chi connectivity index (χ1n) is 9.95. The lowest BCUT2D eigenvalue weighted by molar-refractivity contribution is -0.119. The molecule has 8 heteroatoms. The van der Waals surface area contributed by atoms with Gasteiger partial charge in [-0.15, -0.1) is 0 Å². The monoisotopic (exact) mass is 428 g/mol. The number of amides is 1. The zero-order chi connectivity index (χ0) is 21.7. The van der Waals surface area contributed by atoms with E-state index in [4.69, 9.17) is 0 Å². The van der Waals surface area contributed by atoms with E-state index in [1.807, 2.05) is 33.0 Å². The molecule has 1 aliphatic rings. The number of sulfonamides is 1. The average molecular weight is 429 g/mol. The molecular formula is C22H28N4O3S. The summed E-state index contributed by atoms with van der Waals surface area (Å²) >= 11 is 0. The number of rotatable bonds is 6. The van der Waals surface area contributed by atoms with E-state index < -0.39 is 15.9 Å². The van der Waals surface area contributed by atoms with Crippen LogP contribution in [0.5, 0.6) is 0 Å². The van der Waals surface area contributed by atoms with Crippen molar-refractivity contribution in [2.24, 2.45) is 5.10 Å². The highest BCUT2D eigenvalue weighted by molar-refractivity contribution is 7.92. The molecule has 7 nitrogen and oxygen atoms in total. The summed E-state index contributed by atoms with van der Waals surface area (Å²) < 4.78 is 27.9. The van der Waals surface area contributed by atoms with Crippen LogP contribution < -0.4 is 9.73 Å². The lowest BCUT2D eigenvalue weighted by Crippen LogP contribution is -2.40. The first kappa shape index (κ1) is 22.0. The third-order valence-electron chi connectivity index (χ3n) is 5.18. The molecular weight excluding hydrogens is 400 g/mol. The molecule has 3 rings (SSSR count). The van der Waals surface area contributed by atoms with Gasteiger partial charge in [-0.25, -0.2) is 13.8 Å². The molecule has 1 fully saturated rings. The molecule has 0 unspecified atom stereocenters. The smallest absolute Gasteiger partial charge is 0.264 e. The van der Waals surface area contributed by atoms with E-state index in [9.17, 15) is 13.2 Å². The van der Waals surface area contributed by atoms with Crippen LogP contribution in [0.15, 0.2) is 58.5 Å². The number of carbonyl (C=O) groups is 1. The second-order valence-electron chi connectivity index (χ2n) is 7.63. The lowest BCUT2D eigenvalue weighted by Gasteiger charge is -2.25. The zero-order valence-electron chi connectivity index (χ0n) is 17.6. The maximum absolute atomic E-state index is 13.4. The Morgan fingerprint density at radius 3 is 2.33 bits per heavy atom. The molecule has 1 amide bonds. The van der Waals surface area contributed by atoms with E-state index in [0.29, 0.717) is 5.69 Å². The number of anilines is 1. The molecule has 160 valence electrons. The SMILES string of the molecule is Cc1ccc(S(=O)(=O)N(CC(=O)NN=C2CCN(C)CC2)c2ccccc2C)cc1. The minimum absolute atomic E-state index is 0.144. The molecule has 0 atom stereocenters. The van der Waals surface area contributed by atoms with Crippen molar-refractivity contribution < 1.29 is 13.2 Å². The fraction of sp³-hybridized carbons (Fsp3) is 0.364. The summed E-state index contributed by atoms with van der Waals surface area (Å²) in [6.45, 7) is 5.16. The molecule has 30 heavy (non-hydrogen) atoms.